The van der Waals surface area contributed by atoms with Crippen LogP contribution in [-0.4, -0.2) is 34.1 Å². The molecule has 3 aromatic rings. The molecule has 1 amide bonds. The van der Waals surface area contributed by atoms with Gasteiger partial charge < -0.3 is 9.32 Å². The Morgan fingerprint density at radius 3 is 2.50 bits per heavy atom. The largest absolute Gasteiger partial charge is 0.421 e. The van der Waals surface area contributed by atoms with Crippen LogP contribution in [0, 0.1) is 12.8 Å². The molecule has 0 aliphatic heterocycles. The van der Waals surface area contributed by atoms with E-state index in [1.807, 2.05) is 60.4 Å². The molecule has 2 aromatic carbocycles. The van der Waals surface area contributed by atoms with Gasteiger partial charge in [0.15, 0.2) is 0 Å². The highest BCUT2D eigenvalue weighted by molar-refractivity contribution is 6.30. The second-order valence-electron chi connectivity index (χ2n) is 8.03. The maximum Gasteiger partial charge on any atom is 0.247 e. The van der Waals surface area contributed by atoms with E-state index in [2.05, 4.69) is 10.2 Å². The number of amides is 1. The number of hydrogen-bond acceptors (Lipinski definition) is 4. The third-order valence-electron chi connectivity index (χ3n) is 5.43. The topological polar surface area (TPSA) is 59.2 Å². The Bertz CT molecular complexity index is 978. The van der Waals surface area contributed by atoms with Crippen molar-refractivity contribution in [3.05, 3.63) is 70.6 Å². The van der Waals surface area contributed by atoms with Gasteiger partial charge in [-0.1, -0.05) is 41.4 Å². The standard InChI is InChI=1S/C24H26ClN3O2/c1-17-2-8-20(9-3-17)24-27-26-22(30-24)12-13-23(29)28(16-19-4-5-19)15-14-18-6-10-21(25)11-7-18/h2-3,6-11,19H,4-5,12-16H2,1H3. The summed E-state index contributed by atoms with van der Waals surface area (Å²) in [5.41, 5.74) is 3.26. The van der Waals surface area contributed by atoms with E-state index in [1.54, 1.807) is 0 Å². The maximum absolute atomic E-state index is 12.9. The van der Waals surface area contributed by atoms with Crippen LogP contribution in [0.1, 0.15) is 36.3 Å². The van der Waals surface area contributed by atoms with Crippen molar-refractivity contribution in [2.45, 2.75) is 39.0 Å². The molecule has 1 aliphatic carbocycles. The second-order valence-corrected chi connectivity index (χ2v) is 8.46. The second kappa shape index (κ2) is 9.43. The van der Waals surface area contributed by atoms with Crippen LogP contribution in [0.2, 0.25) is 5.02 Å². The lowest BCUT2D eigenvalue weighted by molar-refractivity contribution is -0.131. The first-order valence-electron chi connectivity index (χ1n) is 10.5. The van der Waals surface area contributed by atoms with Gasteiger partial charge >= 0.3 is 0 Å². The van der Waals surface area contributed by atoms with Crippen LogP contribution in [0.4, 0.5) is 0 Å². The number of halogens is 1. The van der Waals surface area contributed by atoms with Crippen LogP contribution >= 0.6 is 11.6 Å². The minimum Gasteiger partial charge on any atom is -0.421 e. The first kappa shape index (κ1) is 20.6. The van der Waals surface area contributed by atoms with E-state index in [4.69, 9.17) is 16.0 Å². The average molecular weight is 424 g/mol. The molecule has 156 valence electrons. The molecule has 5 nitrogen and oxygen atoms in total. The molecule has 1 fully saturated rings. The van der Waals surface area contributed by atoms with Crippen molar-refractivity contribution in [2.75, 3.05) is 13.1 Å². The number of nitrogens with zero attached hydrogens (tertiary/aromatic N) is 3. The SMILES string of the molecule is Cc1ccc(-c2nnc(CCC(=O)N(CCc3ccc(Cl)cc3)CC3CC3)o2)cc1. The average Bonchev–Trinajstić information content (AvgIpc) is 3.45. The van der Waals surface area contributed by atoms with Crippen LogP contribution in [0.3, 0.4) is 0 Å². The van der Waals surface area contributed by atoms with E-state index in [0.29, 0.717) is 30.5 Å². The molecular formula is C24H26ClN3O2. The lowest BCUT2D eigenvalue weighted by atomic mass is 10.1. The monoisotopic (exact) mass is 423 g/mol. The fourth-order valence-electron chi connectivity index (χ4n) is 3.38. The molecule has 1 aliphatic rings. The molecule has 0 saturated heterocycles. The third-order valence-corrected chi connectivity index (χ3v) is 5.68. The molecule has 0 N–H and O–H groups in total. The van der Waals surface area contributed by atoms with Crippen LogP contribution in [0.5, 0.6) is 0 Å². The smallest absolute Gasteiger partial charge is 0.247 e. The van der Waals surface area contributed by atoms with Gasteiger partial charge in [0, 0.05) is 36.5 Å². The highest BCUT2D eigenvalue weighted by Crippen LogP contribution is 2.30. The van der Waals surface area contributed by atoms with Gasteiger partial charge in [-0.25, -0.2) is 0 Å². The van der Waals surface area contributed by atoms with Gasteiger partial charge in [-0.05, 0) is 61.9 Å². The number of hydrogen-bond donors (Lipinski definition) is 0. The lowest BCUT2D eigenvalue weighted by Crippen LogP contribution is -2.34. The Kier molecular flexibility index (Phi) is 6.48. The fourth-order valence-corrected chi connectivity index (χ4v) is 3.51. The summed E-state index contributed by atoms with van der Waals surface area (Å²) in [6, 6.07) is 15.8. The highest BCUT2D eigenvalue weighted by atomic mass is 35.5. The molecular weight excluding hydrogens is 398 g/mol. The molecule has 30 heavy (non-hydrogen) atoms. The first-order valence-corrected chi connectivity index (χ1v) is 10.9. The van der Waals surface area contributed by atoms with E-state index in [1.165, 1.54) is 24.0 Å². The number of benzene rings is 2. The molecule has 0 radical (unpaired) electrons. The highest BCUT2D eigenvalue weighted by Gasteiger charge is 2.26. The predicted molar refractivity (Wildman–Crippen MR) is 117 cm³/mol. The summed E-state index contributed by atoms with van der Waals surface area (Å²) in [7, 11) is 0. The third kappa shape index (κ3) is 5.70. The summed E-state index contributed by atoms with van der Waals surface area (Å²) in [5, 5.41) is 8.98. The Morgan fingerprint density at radius 2 is 1.80 bits per heavy atom. The molecule has 0 atom stereocenters. The van der Waals surface area contributed by atoms with Crippen LogP contribution in [-0.2, 0) is 17.6 Å². The number of rotatable bonds is 9. The number of carbonyl (C=O) groups is 1. The predicted octanol–water partition coefficient (Wildman–Crippen LogP) is 5.11. The van der Waals surface area contributed by atoms with Crippen LogP contribution in [0.25, 0.3) is 11.5 Å². The number of carbonyl (C=O) groups excluding carboxylic acids is 1. The molecule has 4 rings (SSSR count). The summed E-state index contributed by atoms with van der Waals surface area (Å²) in [6.45, 7) is 3.59. The summed E-state index contributed by atoms with van der Waals surface area (Å²) < 4.78 is 5.77. The van der Waals surface area contributed by atoms with Crippen molar-refractivity contribution in [3.8, 4) is 11.5 Å². The van der Waals surface area contributed by atoms with E-state index < -0.39 is 0 Å². The first-order chi connectivity index (χ1) is 14.6. The lowest BCUT2D eigenvalue weighted by Gasteiger charge is -2.22. The van der Waals surface area contributed by atoms with Gasteiger partial charge in [-0.3, -0.25) is 4.79 Å². The minimum absolute atomic E-state index is 0.144. The normalized spacial score (nSPS) is 13.4. The van der Waals surface area contributed by atoms with E-state index in [9.17, 15) is 4.79 Å². The Labute approximate surface area is 182 Å². The minimum atomic E-state index is 0.144. The quantitative estimate of drug-likeness (QED) is 0.479. The van der Waals surface area contributed by atoms with Crippen LogP contribution in [0.15, 0.2) is 52.9 Å². The van der Waals surface area contributed by atoms with Crippen molar-refractivity contribution >= 4 is 17.5 Å². The summed E-state index contributed by atoms with van der Waals surface area (Å²) in [6.07, 6.45) is 4.10. The molecule has 0 bridgehead atoms. The van der Waals surface area contributed by atoms with Crippen molar-refractivity contribution in [1.82, 2.24) is 15.1 Å². The van der Waals surface area contributed by atoms with Gasteiger partial charge in [0.2, 0.25) is 17.7 Å². The maximum atomic E-state index is 12.9. The van der Waals surface area contributed by atoms with Crippen LogP contribution < -0.4 is 0 Å². The summed E-state index contributed by atoms with van der Waals surface area (Å²) in [4.78, 5) is 14.9. The van der Waals surface area contributed by atoms with E-state index in [0.717, 1.165) is 30.1 Å². The van der Waals surface area contributed by atoms with Gasteiger partial charge in [0.05, 0.1) is 0 Å². The summed E-state index contributed by atoms with van der Waals surface area (Å²) >= 11 is 5.96. The molecule has 0 unspecified atom stereocenters. The fraction of sp³-hybridized carbons (Fsp3) is 0.375. The zero-order chi connectivity index (χ0) is 20.9. The van der Waals surface area contributed by atoms with E-state index in [-0.39, 0.29) is 5.91 Å². The number of aromatic nitrogens is 2. The van der Waals surface area contributed by atoms with Crippen molar-refractivity contribution in [1.29, 1.82) is 0 Å². The summed E-state index contributed by atoms with van der Waals surface area (Å²) in [5.74, 6) is 1.79. The Morgan fingerprint density at radius 1 is 1.07 bits per heavy atom. The van der Waals surface area contributed by atoms with Gasteiger partial charge in [-0.15, -0.1) is 10.2 Å². The zero-order valence-corrected chi connectivity index (χ0v) is 17.9. The van der Waals surface area contributed by atoms with Gasteiger partial charge in [0.1, 0.15) is 0 Å². The molecule has 0 spiro atoms. The Hall–Kier alpha value is -2.66. The van der Waals surface area contributed by atoms with Crippen molar-refractivity contribution < 1.29 is 9.21 Å². The van der Waals surface area contributed by atoms with E-state index >= 15 is 0 Å². The van der Waals surface area contributed by atoms with Crippen molar-refractivity contribution in [2.24, 2.45) is 5.92 Å². The molecule has 1 aromatic heterocycles. The molecule has 1 heterocycles. The van der Waals surface area contributed by atoms with Gasteiger partial charge in [0.25, 0.3) is 0 Å². The number of aryl methyl sites for hydroxylation is 2. The molecule has 6 heteroatoms. The Balaban J connectivity index is 1.33. The van der Waals surface area contributed by atoms with Crippen molar-refractivity contribution in [3.63, 3.8) is 0 Å². The zero-order valence-electron chi connectivity index (χ0n) is 17.2. The molecule has 1 saturated carbocycles. The van der Waals surface area contributed by atoms with Gasteiger partial charge in [-0.2, -0.15) is 0 Å².